The summed E-state index contributed by atoms with van der Waals surface area (Å²) in [7, 11) is 0. The fraction of sp³-hybridized carbons (Fsp3) is 0.833. The third kappa shape index (κ3) is 5.37. The Bertz CT molecular complexity index is 114. The second-order valence-electron chi connectivity index (χ2n) is 2.44. The average molecular weight is 147 g/mol. The van der Waals surface area contributed by atoms with Crippen LogP contribution >= 0.6 is 0 Å². The first-order chi connectivity index (χ1) is 4.52. The molecule has 2 atom stereocenters. The third-order valence-electron chi connectivity index (χ3n) is 1.06. The topological polar surface area (TPSA) is 69.6 Å². The van der Waals surface area contributed by atoms with Gasteiger partial charge in [0.1, 0.15) is 0 Å². The van der Waals surface area contributed by atoms with Crippen molar-refractivity contribution in [2.75, 3.05) is 0 Å². The Labute approximate surface area is 59.9 Å². The lowest BCUT2D eigenvalue weighted by atomic mass is 10.2. The van der Waals surface area contributed by atoms with E-state index in [2.05, 4.69) is 5.32 Å². The van der Waals surface area contributed by atoms with Crippen molar-refractivity contribution in [3.05, 3.63) is 0 Å². The number of carboxylic acid groups (broad SMARTS) is 1. The lowest BCUT2D eigenvalue weighted by Crippen LogP contribution is -2.33. The Hall–Kier alpha value is -0.770. The average Bonchev–Trinajstić information content (AvgIpc) is 1.58. The Balaban J connectivity index is 3.43. The lowest BCUT2D eigenvalue weighted by Gasteiger charge is -2.12. The summed E-state index contributed by atoms with van der Waals surface area (Å²) in [4.78, 5) is 10.00. The molecule has 0 fully saturated rings. The van der Waals surface area contributed by atoms with Crippen molar-refractivity contribution in [2.24, 2.45) is 0 Å². The molecule has 0 aliphatic heterocycles. The normalized spacial score (nSPS) is 15.9. The molecule has 0 unspecified atom stereocenters. The van der Waals surface area contributed by atoms with Crippen LogP contribution in [-0.4, -0.2) is 28.5 Å². The summed E-state index contributed by atoms with van der Waals surface area (Å²) < 4.78 is 0. The largest absolute Gasteiger partial charge is 0.465 e. The van der Waals surface area contributed by atoms with Crippen LogP contribution in [0.3, 0.4) is 0 Å². The quantitative estimate of drug-likeness (QED) is 0.541. The second kappa shape index (κ2) is 4.11. The van der Waals surface area contributed by atoms with E-state index in [0.717, 1.165) is 0 Å². The molecule has 0 saturated carbocycles. The minimum Gasteiger partial charge on any atom is -0.465 e. The molecule has 0 aliphatic rings. The standard InChI is InChI=1S/C6H13NO3/c1-4(3-5(2)8)7-6(9)10/h4-5,7-8H,3H2,1-2H3,(H,9,10)/t4-,5-/m0/s1. The van der Waals surface area contributed by atoms with Crippen LogP contribution in [-0.2, 0) is 0 Å². The van der Waals surface area contributed by atoms with E-state index in [1.807, 2.05) is 0 Å². The molecule has 0 radical (unpaired) electrons. The first-order valence-electron chi connectivity index (χ1n) is 3.20. The molecule has 1 amide bonds. The molecular formula is C6H13NO3. The van der Waals surface area contributed by atoms with Crippen LogP contribution in [0.1, 0.15) is 20.3 Å². The maximum absolute atomic E-state index is 10.00. The first-order valence-corrected chi connectivity index (χ1v) is 3.20. The van der Waals surface area contributed by atoms with Gasteiger partial charge in [0.05, 0.1) is 6.10 Å². The summed E-state index contributed by atoms with van der Waals surface area (Å²) in [6.45, 7) is 3.33. The summed E-state index contributed by atoms with van der Waals surface area (Å²) in [5, 5.41) is 19.2. The molecule has 0 aromatic carbocycles. The highest BCUT2D eigenvalue weighted by Gasteiger charge is 2.07. The number of hydrogen-bond donors (Lipinski definition) is 3. The van der Waals surface area contributed by atoms with Gasteiger partial charge in [0, 0.05) is 6.04 Å². The predicted molar refractivity (Wildman–Crippen MR) is 36.9 cm³/mol. The Morgan fingerprint density at radius 1 is 1.60 bits per heavy atom. The van der Waals surface area contributed by atoms with Gasteiger partial charge in [-0.2, -0.15) is 0 Å². The zero-order chi connectivity index (χ0) is 8.15. The molecule has 0 aliphatic carbocycles. The van der Waals surface area contributed by atoms with Crippen LogP contribution in [0, 0.1) is 0 Å². The van der Waals surface area contributed by atoms with Gasteiger partial charge in [-0.1, -0.05) is 0 Å². The number of hydrogen-bond acceptors (Lipinski definition) is 2. The lowest BCUT2D eigenvalue weighted by molar-refractivity contribution is 0.161. The molecule has 0 bridgehead atoms. The Morgan fingerprint density at radius 3 is 2.40 bits per heavy atom. The highest BCUT2D eigenvalue weighted by molar-refractivity contribution is 5.64. The van der Waals surface area contributed by atoms with Crippen LogP contribution in [0.4, 0.5) is 4.79 Å². The van der Waals surface area contributed by atoms with E-state index in [4.69, 9.17) is 10.2 Å². The van der Waals surface area contributed by atoms with Crippen molar-refractivity contribution in [2.45, 2.75) is 32.4 Å². The highest BCUT2D eigenvalue weighted by atomic mass is 16.4. The third-order valence-corrected chi connectivity index (χ3v) is 1.06. The number of amides is 1. The molecule has 4 heteroatoms. The van der Waals surface area contributed by atoms with Crippen LogP contribution in [0.5, 0.6) is 0 Å². The van der Waals surface area contributed by atoms with Gasteiger partial charge in [-0.3, -0.25) is 0 Å². The van der Waals surface area contributed by atoms with E-state index in [1.54, 1.807) is 13.8 Å². The number of aliphatic hydroxyl groups is 1. The molecule has 0 saturated heterocycles. The summed E-state index contributed by atoms with van der Waals surface area (Å²) in [6.07, 6.45) is -1.05. The van der Waals surface area contributed by atoms with E-state index in [1.165, 1.54) is 0 Å². The molecule has 4 nitrogen and oxygen atoms in total. The Morgan fingerprint density at radius 2 is 2.10 bits per heavy atom. The molecule has 0 heterocycles. The predicted octanol–water partition coefficient (Wildman–Crippen LogP) is 0.413. The number of aliphatic hydroxyl groups excluding tert-OH is 1. The van der Waals surface area contributed by atoms with Gasteiger partial charge in [0.25, 0.3) is 0 Å². The minimum absolute atomic E-state index is 0.183. The van der Waals surface area contributed by atoms with Crippen LogP contribution < -0.4 is 5.32 Å². The minimum atomic E-state index is -1.05. The van der Waals surface area contributed by atoms with Crippen molar-refractivity contribution >= 4 is 6.09 Å². The number of nitrogens with one attached hydrogen (secondary N) is 1. The molecule has 0 rings (SSSR count). The number of rotatable bonds is 3. The van der Waals surface area contributed by atoms with E-state index in [-0.39, 0.29) is 6.04 Å². The van der Waals surface area contributed by atoms with E-state index in [9.17, 15) is 4.79 Å². The van der Waals surface area contributed by atoms with Gasteiger partial charge in [-0.25, -0.2) is 4.79 Å². The summed E-state index contributed by atoms with van der Waals surface area (Å²) in [5.74, 6) is 0. The summed E-state index contributed by atoms with van der Waals surface area (Å²) >= 11 is 0. The fourth-order valence-electron chi connectivity index (χ4n) is 0.781. The van der Waals surface area contributed by atoms with Crippen LogP contribution in [0.2, 0.25) is 0 Å². The van der Waals surface area contributed by atoms with Crippen LogP contribution in [0.15, 0.2) is 0 Å². The highest BCUT2D eigenvalue weighted by Crippen LogP contribution is 1.95. The maximum atomic E-state index is 10.00. The molecule has 3 N–H and O–H groups in total. The maximum Gasteiger partial charge on any atom is 0.404 e. The molecular weight excluding hydrogens is 134 g/mol. The summed E-state index contributed by atoms with van der Waals surface area (Å²) in [6, 6.07) is -0.183. The van der Waals surface area contributed by atoms with Crippen molar-refractivity contribution in [3.63, 3.8) is 0 Å². The smallest absolute Gasteiger partial charge is 0.404 e. The molecule has 0 spiro atoms. The summed E-state index contributed by atoms with van der Waals surface area (Å²) in [5.41, 5.74) is 0. The van der Waals surface area contributed by atoms with Gasteiger partial charge in [-0.15, -0.1) is 0 Å². The van der Waals surface area contributed by atoms with Gasteiger partial charge in [0.2, 0.25) is 0 Å². The first kappa shape index (κ1) is 9.23. The van der Waals surface area contributed by atoms with E-state index in [0.29, 0.717) is 6.42 Å². The van der Waals surface area contributed by atoms with Crippen molar-refractivity contribution < 1.29 is 15.0 Å². The van der Waals surface area contributed by atoms with Gasteiger partial charge < -0.3 is 15.5 Å². The van der Waals surface area contributed by atoms with Crippen molar-refractivity contribution in [1.82, 2.24) is 5.32 Å². The van der Waals surface area contributed by atoms with E-state index < -0.39 is 12.2 Å². The zero-order valence-corrected chi connectivity index (χ0v) is 6.16. The Kier molecular flexibility index (Phi) is 3.79. The van der Waals surface area contributed by atoms with Gasteiger partial charge in [-0.05, 0) is 20.3 Å². The molecule has 60 valence electrons. The molecule has 10 heavy (non-hydrogen) atoms. The monoisotopic (exact) mass is 147 g/mol. The molecule has 0 aromatic heterocycles. The van der Waals surface area contributed by atoms with Gasteiger partial charge in [0.15, 0.2) is 0 Å². The zero-order valence-electron chi connectivity index (χ0n) is 6.16. The van der Waals surface area contributed by atoms with Crippen LogP contribution in [0.25, 0.3) is 0 Å². The second-order valence-corrected chi connectivity index (χ2v) is 2.44. The molecule has 0 aromatic rings. The SMILES string of the molecule is C[C@H](O)C[C@H](C)NC(=O)O. The van der Waals surface area contributed by atoms with Crippen molar-refractivity contribution in [3.8, 4) is 0 Å². The van der Waals surface area contributed by atoms with E-state index >= 15 is 0 Å². The fourth-order valence-corrected chi connectivity index (χ4v) is 0.781. The van der Waals surface area contributed by atoms with Crippen molar-refractivity contribution in [1.29, 1.82) is 0 Å². The number of carbonyl (C=O) groups is 1. The van der Waals surface area contributed by atoms with Gasteiger partial charge >= 0.3 is 6.09 Å².